The third-order valence-corrected chi connectivity index (χ3v) is 4.90. The number of ether oxygens (including phenoxy) is 1. The average molecular weight is 450 g/mol. The lowest BCUT2D eigenvalue weighted by atomic mass is 10.1. The summed E-state index contributed by atoms with van der Waals surface area (Å²) >= 11 is 0. The van der Waals surface area contributed by atoms with Crippen LogP contribution in [0.25, 0.3) is 0 Å². The van der Waals surface area contributed by atoms with Gasteiger partial charge in [0.15, 0.2) is 0 Å². The highest BCUT2D eigenvalue weighted by Gasteiger charge is 2.27. The summed E-state index contributed by atoms with van der Waals surface area (Å²) in [4.78, 5) is 33.0. The molecule has 0 aliphatic heterocycles. The van der Waals surface area contributed by atoms with Crippen molar-refractivity contribution < 1.29 is 27.5 Å². The summed E-state index contributed by atoms with van der Waals surface area (Å²) in [5.41, 5.74) is 1.60. The number of hydrogen-bond acceptors (Lipinski definition) is 5. The van der Waals surface area contributed by atoms with E-state index >= 15 is 0 Å². The first-order valence-electron chi connectivity index (χ1n) is 10.3. The predicted molar refractivity (Wildman–Crippen MR) is 111 cm³/mol. The lowest BCUT2D eigenvalue weighted by molar-refractivity contribution is -0.139. The molecule has 7 nitrogen and oxygen atoms in total. The number of halogens is 3. The van der Waals surface area contributed by atoms with Crippen molar-refractivity contribution in [3.63, 3.8) is 0 Å². The highest BCUT2D eigenvalue weighted by atomic mass is 19.4. The molecule has 2 aromatic heterocycles. The van der Waals surface area contributed by atoms with E-state index in [0.717, 1.165) is 12.8 Å². The van der Waals surface area contributed by atoms with Crippen molar-refractivity contribution in [1.82, 2.24) is 15.3 Å². The number of alkyl halides is 3. The Morgan fingerprint density at radius 2 is 2.00 bits per heavy atom. The number of nitrogens with zero attached hydrogens (tertiary/aromatic N) is 2. The monoisotopic (exact) mass is 450 g/mol. The van der Waals surface area contributed by atoms with Gasteiger partial charge in [-0.15, -0.1) is 0 Å². The van der Waals surface area contributed by atoms with E-state index in [2.05, 4.69) is 20.6 Å². The van der Waals surface area contributed by atoms with Gasteiger partial charge < -0.3 is 15.4 Å². The zero-order chi connectivity index (χ0) is 23.3. The maximum atomic E-state index is 12.7. The number of aromatic nitrogens is 2. The summed E-state index contributed by atoms with van der Waals surface area (Å²) in [5, 5.41) is 5.58. The van der Waals surface area contributed by atoms with Gasteiger partial charge in [0.2, 0.25) is 11.8 Å². The molecule has 1 aliphatic carbocycles. The Kier molecular flexibility index (Phi) is 7.32. The molecule has 0 bridgehead atoms. The van der Waals surface area contributed by atoms with E-state index in [1.54, 1.807) is 26.0 Å². The minimum absolute atomic E-state index is 0.0767. The first-order chi connectivity index (χ1) is 15.1. The van der Waals surface area contributed by atoms with Crippen LogP contribution in [0.4, 0.5) is 19.0 Å². The normalized spacial score (nSPS) is 14.5. The third kappa shape index (κ3) is 7.51. The van der Waals surface area contributed by atoms with Gasteiger partial charge >= 0.3 is 6.18 Å². The van der Waals surface area contributed by atoms with Crippen molar-refractivity contribution in [2.45, 2.75) is 51.7 Å². The molecule has 10 heteroatoms. The van der Waals surface area contributed by atoms with Crippen LogP contribution in [0.15, 0.2) is 30.5 Å². The van der Waals surface area contributed by atoms with Gasteiger partial charge in [0.05, 0.1) is 19.1 Å². The summed E-state index contributed by atoms with van der Waals surface area (Å²) in [5.74, 6) is 0.377. The minimum atomic E-state index is -4.29. The lowest BCUT2D eigenvalue weighted by Crippen LogP contribution is -2.27. The van der Waals surface area contributed by atoms with Crippen LogP contribution in [0.5, 0.6) is 5.88 Å². The summed E-state index contributed by atoms with van der Waals surface area (Å²) in [6.07, 6.45) is -1.32. The molecule has 1 saturated carbocycles. The second-order valence-corrected chi connectivity index (χ2v) is 7.92. The van der Waals surface area contributed by atoms with E-state index < -0.39 is 25.2 Å². The number of carbonyl (C=O) groups is 2. The van der Waals surface area contributed by atoms with Crippen molar-refractivity contribution in [2.75, 3.05) is 11.9 Å². The van der Waals surface area contributed by atoms with Gasteiger partial charge in [0, 0.05) is 29.9 Å². The van der Waals surface area contributed by atoms with E-state index in [4.69, 9.17) is 4.74 Å². The molecule has 172 valence electrons. The molecule has 1 fully saturated rings. The molecular formula is C22H25F3N4O3. The molecule has 2 amide bonds. The van der Waals surface area contributed by atoms with Crippen LogP contribution < -0.4 is 15.4 Å². The van der Waals surface area contributed by atoms with Gasteiger partial charge in [-0.25, -0.2) is 9.97 Å². The number of rotatable bonds is 9. The van der Waals surface area contributed by atoms with Crippen LogP contribution in [0.3, 0.4) is 0 Å². The number of hydrogen-bond donors (Lipinski definition) is 2. The van der Waals surface area contributed by atoms with E-state index in [0.29, 0.717) is 35.0 Å². The third-order valence-electron chi connectivity index (χ3n) is 4.90. The summed E-state index contributed by atoms with van der Waals surface area (Å²) in [7, 11) is 0. The first-order valence-corrected chi connectivity index (χ1v) is 10.3. The Balaban J connectivity index is 1.57. The SMILES string of the molecule is Cc1cc(C(=O)NC(C)c2ccc(OCCC(F)(F)F)nc2)cc(NC(=O)CC2CC2)n1. The molecular weight excluding hydrogens is 425 g/mol. The van der Waals surface area contributed by atoms with Gasteiger partial charge in [-0.1, -0.05) is 6.07 Å². The first kappa shape index (κ1) is 23.5. The van der Waals surface area contributed by atoms with Crippen LogP contribution >= 0.6 is 0 Å². The van der Waals surface area contributed by atoms with Crippen molar-refractivity contribution in [3.05, 3.63) is 47.3 Å². The molecule has 1 unspecified atom stereocenters. The van der Waals surface area contributed by atoms with Crippen molar-refractivity contribution >= 4 is 17.6 Å². The van der Waals surface area contributed by atoms with E-state index in [1.807, 2.05) is 0 Å². The van der Waals surface area contributed by atoms with E-state index in [9.17, 15) is 22.8 Å². The zero-order valence-electron chi connectivity index (χ0n) is 17.8. The topological polar surface area (TPSA) is 93.2 Å². The molecule has 0 spiro atoms. The molecule has 2 N–H and O–H groups in total. The Hall–Kier alpha value is -3.17. The van der Waals surface area contributed by atoms with Gasteiger partial charge in [0.25, 0.3) is 5.91 Å². The number of pyridine rings is 2. The van der Waals surface area contributed by atoms with Crippen LogP contribution in [0.1, 0.15) is 60.3 Å². The Bertz CT molecular complexity index is 960. The average Bonchev–Trinajstić information content (AvgIpc) is 3.50. The van der Waals surface area contributed by atoms with Gasteiger partial charge in [0.1, 0.15) is 5.82 Å². The zero-order valence-corrected chi connectivity index (χ0v) is 17.8. The molecule has 1 atom stereocenters. The van der Waals surface area contributed by atoms with Crippen LogP contribution in [0, 0.1) is 12.8 Å². The van der Waals surface area contributed by atoms with E-state index in [1.165, 1.54) is 18.3 Å². The van der Waals surface area contributed by atoms with Crippen LogP contribution in [-0.2, 0) is 4.79 Å². The molecule has 3 rings (SSSR count). The Labute approximate surface area is 183 Å². The highest BCUT2D eigenvalue weighted by Crippen LogP contribution is 2.32. The lowest BCUT2D eigenvalue weighted by Gasteiger charge is -2.15. The fourth-order valence-electron chi connectivity index (χ4n) is 3.01. The highest BCUT2D eigenvalue weighted by molar-refractivity contribution is 5.97. The maximum absolute atomic E-state index is 12.7. The molecule has 0 saturated heterocycles. The Morgan fingerprint density at radius 3 is 2.62 bits per heavy atom. The van der Waals surface area contributed by atoms with Crippen molar-refractivity contribution in [3.8, 4) is 5.88 Å². The number of amides is 2. The molecule has 32 heavy (non-hydrogen) atoms. The van der Waals surface area contributed by atoms with Gasteiger partial charge in [-0.3, -0.25) is 9.59 Å². The summed E-state index contributed by atoms with van der Waals surface area (Å²) < 4.78 is 41.6. The molecule has 2 heterocycles. The fraction of sp³-hybridized carbons (Fsp3) is 0.455. The molecule has 0 radical (unpaired) electrons. The smallest absolute Gasteiger partial charge is 0.392 e. The Morgan fingerprint density at radius 1 is 1.25 bits per heavy atom. The maximum Gasteiger partial charge on any atom is 0.392 e. The molecule has 2 aromatic rings. The minimum Gasteiger partial charge on any atom is -0.477 e. The second-order valence-electron chi connectivity index (χ2n) is 7.92. The van der Waals surface area contributed by atoms with Crippen LogP contribution in [-0.4, -0.2) is 34.6 Å². The number of aryl methyl sites for hydroxylation is 1. The van der Waals surface area contributed by atoms with E-state index in [-0.39, 0.29) is 17.7 Å². The quantitative estimate of drug-likeness (QED) is 0.593. The summed E-state index contributed by atoms with van der Waals surface area (Å²) in [6, 6.07) is 5.81. The number of carbonyl (C=O) groups excluding carboxylic acids is 2. The van der Waals surface area contributed by atoms with Gasteiger partial charge in [-0.2, -0.15) is 13.2 Å². The summed E-state index contributed by atoms with van der Waals surface area (Å²) in [6.45, 7) is 2.98. The van der Waals surface area contributed by atoms with Crippen molar-refractivity contribution in [2.24, 2.45) is 5.92 Å². The fourth-order valence-corrected chi connectivity index (χ4v) is 3.01. The molecule has 1 aliphatic rings. The largest absolute Gasteiger partial charge is 0.477 e. The number of anilines is 1. The molecule has 0 aromatic carbocycles. The van der Waals surface area contributed by atoms with Crippen molar-refractivity contribution in [1.29, 1.82) is 0 Å². The predicted octanol–water partition coefficient (Wildman–Crippen LogP) is 4.35. The van der Waals surface area contributed by atoms with Gasteiger partial charge in [-0.05, 0) is 50.3 Å². The standard InChI is InChI=1S/C22H25F3N4O3/c1-13-9-17(11-18(27-13)29-19(30)10-15-3-4-15)21(31)28-14(2)16-5-6-20(26-12-16)32-8-7-22(23,24)25/h5-6,9,11-12,14-15H,3-4,7-8,10H2,1-2H3,(H,28,31)(H,27,29,30). The second kappa shape index (κ2) is 9.97. The van der Waals surface area contributed by atoms with Crippen LogP contribution in [0.2, 0.25) is 0 Å². The number of nitrogens with one attached hydrogen (secondary N) is 2.